The van der Waals surface area contributed by atoms with Crippen LogP contribution in [0.1, 0.15) is 6.92 Å². The average molecular weight is 269 g/mol. The smallest absolute Gasteiger partial charge is 0.350 e. The Hall–Kier alpha value is -2.06. The molecule has 0 amide bonds. The Morgan fingerprint density at radius 2 is 2.39 bits per heavy atom. The molecule has 0 aliphatic rings. The van der Waals surface area contributed by atoms with Crippen molar-refractivity contribution in [1.82, 2.24) is 0 Å². The van der Waals surface area contributed by atoms with Crippen molar-refractivity contribution in [2.45, 2.75) is 6.92 Å². The normalized spacial score (nSPS) is 10.7. The minimum absolute atomic E-state index is 0.0527. The third kappa shape index (κ3) is 3.75. The summed E-state index contributed by atoms with van der Waals surface area (Å²) in [4.78, 5) is 11.3. The zero-order valence-electron chi connectivity index (χ0n) is 9.54. The first-order chi connectivity index (χ1) is 8.58. The van der Waals surface area contributed by atoms with E-state index in [1.54, 1.807) is 13.0 Å². The molecule has 1 N–H and O–H groups in total. The number of nitrogens with zero attached hydrogens (tertiary/aromatic N) is 1. The van der Waals surface area contributed by atoms with Crippen LogP contribution < -0.4 is 5.32 Å². The maximum atomic E-state index is 12.9. The summed E-state index contributed by atoms with van der Waals surface area (Å²) in [6, 6.07) is 5.64. The van der Waals surface area contributed by atoms with Crippen molar-refractivity contribution in [2.75, 3.05) is 11.9 Å². The van der Waals surface area contributed by atoms with Crippen LogP contribution in [0.25, 0.3) is 0 Å². The van der Waals surface area contributed by atoms with Crippen molar-refractivity contribution >= 4 is 23.3 Å². The van der Waals surface area contributed by atoms with Gasteiger partial charge in [-0.25, -0.2) is 9.18 Å². The number of rotatable bonds is 4. The fourth-order valence-electron chi connectivity index (χ4n) is 1.09. The fourth-order valence-corrected chi connectivity index (χ4v) is 1.27. The molecule has 18 heavy (non-hydrogen) atoms. The molecule has 0 heterocycles. The Balaban J connectivity index is 2.80. The highest BCUT2D eigenvalue weighted by atomic mass is 35.5. The van der Waals surface area contributed by atoms with E-state index in [4.69, 9.17) is 16.9 Å². The van der Waals surface area contributed by atoms with Crippen molar-refractivity contribution in [1.29, 1.82) is 5.26 Å². The van der Waals surface area contributed by atoms with Gasteiger partial charge < -0.3 is 10.1 Å². The monoisotopic (exact) mass is 268 g/mol. The van der Waals surface area contributed by atoms with Gasteiger partial charge in [0.2, 0.25) is 0 Å². The van der Waals surface area contributed by atoms with Gasteiger partial charge in [-0.15, -0.1) is 0 Å². The van der Waals surface area contributed by atoms with Crippen LogP contribution in [0.3, 0.4) is 0 Å². The highest BCUT2D eigenvalue weighted by Gasteiger charge is 2.09. The van der Waals surface area contributed by atoms with E-state index in [2.05, 4.69) is 10.1 Å². The molecule has 0 bridgehead atoms. The van der Waals surface area contributed by atoms with Gasteiger partial charge in [0.05, 0.1) is 11.6 Å². The van der Waals surface area contributed by atoms with Gasteiger partial charge in [0.25, 0.3) is 0 Å². The van der Waals surface area contributed by atoms with Gasteiger partial charge in [0, 0.05) is 11.9 Å². The number of benzene rings is 1. The lowest BCUT2D eigenvalue weighted by Crippen LogP contribution is -2.07. The quantitative estimate of drug-likeness (QED) is 0.518. The molecule has 0 atom stereocenters. The van der Waals surface area contributed by atoms with E-state index in [1.165, 1.54) is 24.4 Å². The van der Waals surface area contributed by atoms with Crippen LogP contribution in [-0.4, -0.2) is 12.6 Å². The Labute approximate surface area is 109 Å². The number of nitrogens with one attached hydrogen (secondary N) is 1. The number of anilines is 1. The number of nitriles is 1. The maximum Gasteiger partial charge on any atom is 0.350 e. The van der Waals surface area contributed by atoms with Crippen molar-refractivity contribution in [3.8, 4) is 6.07 Å². The molecule has 0 saturated heterocycles. The van der Waals surface area contributed by atoms with Crippen molar-refractivity contribution in [3.05, 3.63) is 40.8 Å². The molecule has 0 aliphatic carbocycles. The number of hydrogen-bond acceptors (Lipinski definition) is 4. The summed E-state index contributed by atoms with van der Waals surface area (Å²) < 4.78 is 17.6. The second-order valence-corrected chi connectivity index (χ2v) is 3.57. The van der Waals surface area contributed by atoms with E-state index in [0.29, 0.717) is 5.69 Å². The molecule has 1 rings (SSSR count). The van der Waals surface area contributed by atoms with Gasteiger partial charge in [-0.2, -0.15) is 5.26 Å². The zero-order chi connectivity index (χ0) is 13.5. The van der Waals surface area contributed by atoms with Crippen LogP contribution in [0.2, 0.25) is 5.02 Å². The SMILES string of the molecule is CCOC(=O)C(C#N)=CNc1ccc(F)c(Cl)c1. The number of ether oxygens (including phenoxy) is 1. The van der Waals surface area contributed by atoms with Crippen molar-refractivity contribution < 1.29 is 13.9 Å². The molecule has 4 nitrogen and oxygen atoms in total. The Kier molecular flexibility index (Phi) is 5.15. The molecule has 0 aliphatic heterocycles. The van der Waals surface area contributed by atoms with Crippen LogP contribution in [0.4, 0.5) is 10.1 Å². The molecule has 6 heteroatoms. The van der Waals surface area contributed by atoms with Crippen LogP contribution in [0.15, 0.2) is 30.0 Å². The lowest BCUT2D eigenvalue weighted by Gasteiger charge is -2.03. The number of hydrogen-bond donors (Lipinski definition) is 1. The summed E-state index contributed by atoms with van der Waals surface area (Å²) >= 11 is 5.58. The predicted octanol–water partition coefficient (Wildman–Crippen LogP) is 2.86. The lowest BCUT2D eigenvalue weighted by molar-refractivity contribution is -0.138. The Bertz CT molecular complexity index is 523. The summed E-state index contributed by atoms with van der Waals surface area (Å²) in [5.74, 6) is -1.27. The molecule has 0 spiro atoms. The van der Waals surface area contributed by atoms with E-state index in [9.17, 15) is 9.18 Å². The summed E-state index contributed by atoms with van der Waals surface area (Å²) in [6.45, 7) is 1.82. The largest absolute Gasteiger partial charge is 0.462 e. The minimum atomic E-state index is -0.722. The van der Waals surface area contributed by atoms with Gasteiger partial charge in [0.1, 0.15) is 11.9 Å². The maximum absolute atomic E-state index is 12.9. The van der Waals surface area contributed by atoms with Crippen LogP contribution >= 0.6 is 11.6 Å². The summed E-state index contributed by atoms with van der Waals surface area (Å²) in [5.41, 5.74) is 0.274. The Morgan fingerprint density at radius 3 is 2.94 bits per heavy atom. The van der Waals surface area contributed by atoms with Crippen molar-refractivity contribution in [3.63, 3.8) is 0 Å². The molecular formula is C12H10ClFN2O2. The topological polar surface area (TPSA) is 62.1 Å². The standard InChI is InChI=1S/C12H10ClFN2O2/c1-2-18-12(17)8(6-15)7-16-9-3-4-11(14)10(13)5-9/h3-5,7,16H,2H2,1H3. The molecule has 0 fully saturated rings. The van der Waals surface area contributed by atoms with Crippen LogP contribution in [0, 0.1) is 17.1 Å². The molecule has 0 saturated carbocycles. The van der Waals surface area contributed by atoms with E-state index in [1.807, 2.05) is 0 Å². The average Bonchev–Trinajstić information content (AvgIpc) is 2.34. The molecular weight excluding hydrogens is 259 g/mol. The Morgan fingerprint density at radius 1 is 1.67 bits per heavy atom. The second-order valence-electron chi connectivity index (χ2n) is 3.16. The summed E-state index contributed by atoms with van der Waals surface area (Å²) in [7, 11) is 0. The van der Waals surface area contributed by atoms with E-state index in [0.717, 1.165) is 0 Å². The van der Waals surface area contributed by atoms with E-state index >= 15 is 0 Å². The molecule has 1 aromatic carbocycles. The predicted molar refractivity (Wildman–Crippen MR) is 65.4 cm³/mol. The number of esters is 1. The third-order valence-electron chi connectivity index (χ3n) is 1.92. The van der Waals surface area contributed by atoms with Gasteiger partial charge in [0.15, 0.2) is 5.57 Å². The first-order valence-electron chi connectivity index (χ1n) is 5.07. The van der Waals surface area contributed by atoms with Crippen LogP contribution in [0.5, 0.6) is 0 Å². The third-order valence-corrected chi connectivity index (χ3v) is 2.21. The molecule has 1 aromatic rings. The second kappa shape index (κ2) is 6.62. The number of carbonyl (C=O) groups excluding carboxylic acids is 1. The van der Waals surface area contributed by atoms with Gasteiger partial charge in [-0.3, -0.25) is 0 Å². The number of halogens is 2. The molecule has 94 valence electrons. The highest BCUT2D eigenvalue weighted by Crippen LogP contribution is 2.19. The first-order valence-corrected chi connectivity index (χ1v) is 5.45. The summed E-state index contributed by atoms with van der Waals surface area (Å²) in [5, 5.41) is 11.4. The van der Waals surface area contributed by atoms with Crippen molar-refractivity contribution in [2.24, 2.45) is 0 Å². The van der Waals surface area contributed by atoms with E-state index in [-0.39, 0.29) is 17.2 Å². The molecule has 0 radical (unpaired) electrons. The summed E-state index contributed by atoms with van der Waals surface area (Å²) in [6.07, 6.45) is 1.18. The number of carbonyl (C=O) groups is 1. The van der Waals surface area contributed by atoms with Gasteiger partial charge in [-0.1, -0.05) is 11.6 Å². The first kappa shape index (κ1) is 14.0. The van der Waals surface area contributed by atoms with E-state index < -0.39 is 11.8 Å². The zero-order valence-corrected chi connectivity index (χ0v) is 10.3. The highest BCUT2D eigenvalue weighted by molar-refractivity contribution is 6.31. The van der Waals surface area contributed by atoms with Gasteiger partial charge in [-0.05, 0) is 25.1 Å². The molecule has 0 aromatic heterocycles. The fraction of sp³-hybridized carbons (Fsp3) is 0.167. The van der Waals surface area contributed by atoms with Crippen LogP contribution in [-0.2, 0) is 9.53 Å². The molecule has 0 unspecified atom stereocenters. The lowest BCUT2D eigenvalue weighted by atomic mass is 10.3. The van der Waals surface area contributed by atoms with Gasteiger partial charge >= 0.3 is 5.97 Å². The minimum Gasteiger partial charge on any atom is -0.462 e.